The number of aromatic nitrogens is 1. The van der Waals surface area contributed by atoms with Crippen LogP contribution in [0.15, 0.2) is 60.6 Å². The van der Waals surface area contributed by atoms with E-state index < -0.39 is 0 Å². The van der Waals surface area contributed by atoms with Gasteiger partial charge in [-0.1, -0.05) is 30.3 Å². The van der Waals surface area contributed by atoms with Crippen LogP contribution < -0.4 is 5.32 Å². The summed E-state index contributed by atoms with van der Waals surface area (Å²) in [4.78, 5) is 17.9. The fraction of sp³-hybridized carbons (Fsp3) is 0.0625. The number of hydrogen-bond acceptors (Lipinski definition) is 3. The SMILES string of the molecule is O=C1/C(=C/c2ccncc2)NC(=S)N1Cc1ccccc1. The maximum Gasteiger partial charge on any atom is 0.276 e. The largest absolute Gasteiger partial charge is 0.328 e. The zero-order valence-electron chi connectivity index (χ0n) is 11.2. The Bertz CT molecular complexity index is 698. The molecule has 2 heterocycles. The van der Waals surface area contributed by atoms with Crippen molar-refractivity contribution in [1.82, 2.24) is 15.2 Å². The number of pyridine rings is 1. The van der Waals surface area contributed by atoms with Gasteiger partial charge in [0.15, 0.2) is 5.11 Å². The van der Waals surface area contributed by atoms with Gasteiger partial charge in [-0.3, -0.25) is 14.7 Å². The first-order valence-corrected chi connectivity index (χ1v) is 6.93. The summed E-state index contributed by atoms with van der Waals surface area (Å²) in [7, 11) is 0. The molecule has 1 amide bonds. The second kappa shape index (κ2) is 5.85. The Labute approximate surface area is 128 Å². The van der Waals surface area contributed by atoms with Crippen molar-refractivity contribution in [3.63, 3.8) is 0 Å². The van der Waals surface area contributed by atoms with Crippen LogP contribution in [0.1, 0.15) is 11.1 Å². The van der Waals surface area contributed by atoms with Crippen LogP contribution in [0.4, 0.5) is 0 Å². The molecule has 0 atom stereocenters. The van der Waals surface area contributed by atoms with E-state index in [2.05, 4.69) is 10.3 Å². The summed E-state index contributed by atoms with van der Waals surface area (Å²) in [6.45, 7) is 0.471. The molecule has 1 saturated heterocycles. The number of nitrogens with one attached hydrogen (secondary N) is 1. The standard InChI is InChI=1S/C16H13N3OS/c20-15-14(10-12-6-8-17-9-7-12)18-16(21)19(15)11-13-4-2-1-3-5-13/h1-10H,11H2,(H,18,21)/b14-10-. The highest BCUT2D eigenvalue weighted by molar-refractivity contribution is 7.80. The number of carbonyl (C=O) groups excluding carboxylic acids is 1. The Morgan fingerprint density at radius 1 is 1.14 bits per heavy atom. The third kappa shape index (κ3) is 2.98. The third-order valence-corrected chi connectivity index (χ3v) is 3.49. The van der Waals surface area contributed by atoms with Crippen molar-refractivity contribution < 1.29 is 4.79 Å². The van der Waals surface area contributed by atoms with Crippen LogP contribution in [0, 0.1) is 0 Å². The molecule has 0 saturated carbocycles. The van der Waals surface area contributed by atoms with Crippen molar-refractivity contribution >= 4 is 29.3 Å². The molecule has 3 rings (SSSR count). The van der Waals surface area contributed by atoms with Gasteiger partial charge in [0.05, 0.1) is 6.54 Å². The van der Waals surface area contributed by atoms with E-state index in [1.165, 1.54) is 0 Å². The molecule has 0 spiro atoms. The molecule has 4 nitrogen and oxygen atoms in total. The average molecular weight is 295 g/mol. The Morgan fingerprint density at radius 3 is 2.57 bits per heavy atom. The molecule has 0 bridgehead atoms. The van der Waals surface area contributed by atoms with Gasteiger partial charge in [0, 0.05) is 12.4 Å². The molecule has 1 aliphatic heterocycles. The molecule has 21 heavy (non-hydrogen) atoms. The highest BCUT2D eigenvalue weighted by Gasteiger charge is 2.30. The molecule has 0 radical (unpaired) electrons. The van der Waals surface area contributed by atoms with Crippen LogP contribution >= 0.6 is 12.2 Å². The molecular formula is C16H13N3OS. The van der Waals surface area contributed by atoms with Gasteiger partial charge >= 0.3 is 0 Å². The lowest BCUT2D eigenvalue weighted by atomic mass is 10.2. The van der Waals surface area contributed by atoms with E-state index in [4.69, 9.17) is 12.2 Å². The predicted molar refractivity (Wildman–Crippen MR) is 84.9 cm³/mol. The van der Waals surface area contributed by atoms with Gasteiger partial charge in [-0.15, -0.1) is 0 Å². The molecule has 1 N–H and O–H groups in total. The maximum absolute atomic E-state index is 12.4. The van der Waals surface area contributed by atoms with Crippen LogP contribution in [0.25, 0.3) is 6.08 Å². The summed E-state index contributed by atoms with van der Waals surface area (Å²) in [5, 5.41) is 3.41. The van der Waals surface area contributed by atoms with Crippen molar-refractivity contribution in [1.29, 1.82) is 0 Å². The summed E-state index contributed by atoms with van der Waals surface area (Å²) < 4.78 is 0. The minimum absolute atomic E-state index is 0.110. The third-order valence-electron chi connectivity index (χ3n) is 3.16. The Kier molecular flexibility index (Phi) is 3.75. The molecule has 5 heteroatoms. The fourth-order valence-electron chi connectivity index (χ4n) is 2.11. The van der Waals surface area contributed by atoms with E-state index in [0.717, 1.165) is 11.1 Å². The van der Waals surface area contributed by atoms with Gasteiger partial charge in [0.2, 0.25) is 0 Å². The van der Waals surface area contributed by atoms with E-state index in [0.29, 0.717) is 17.4 Å². The van der Waals surface area contributed by atoms with Gasteiger partial charge < -0.3 is 5.32 Å². The van der Waals surface area contributed by atoms with Crippen LogP contribution in [-0.2, 0) is 11.3 Å². The molecule has 1 aromatic carbocycles. The van der Waals surface area contributed by atoms with Gasteiger partial charge in [0.1, 0.15) is 5.70 Å². The number of amides is 1. The van der Waals surface area contributed by atoms with Crippen LogP contribution in [-0.4, -0.2) is 20.9 Å². The van der Waals surface area contributed by atoms with Crippen LogP contribution in [0.3, 0.4) is 0 Å². The lowest BCUT2D eigenvalue weighted by molar-refractivity contribution is -0.122. The number of hydrogen-bond donors (Lipinski definition) is 1. The summed E-state index contributed by atoms with van der Waals surface area (Å²) in [5.74, 6) is -0.110. The smallest absolute Gasteiger partial charge is 0.276 e. The average Bonchev–Trinajstić information content (AvgIpc) is 2.77. The lowest BCUT2D eigenvalue weighted by Crippen LogP contribution is -2.29. The van der Waals surface area contributed by atoms with Crippen molar-refractivity contribution in [2.24, 2.45) is 0 Å². The van der Waals surface area contributed by atoms with Crippen LogP contribution in [0.5, 0.6) is 0 Å². The zero-order valence-corrected chi connectivity index (χ0v) is 12.0. The molecular weight excluding hydrogens is 282 g/mol. The number of nitrogens with zero attached hydrogens (tertiary/aromatic N) is 2. The number of benzene rings is 1. The molecule has 1 fully saturated rings. The molecule has 0 unspecified atom stereocenters. The second-order valence-electron chi connectivity index (χ2n) is 4.65. The van der Waals surface area contributed by atoms with Gasteiger partial charge in [-0.25, -0.2) is 0 Å². The molecule has 1 aromatic heterocycles. The van der Waals surface area contributed by atoms with Crippen molar-refractivity contribution in [2.45, 2.75) is 6.54 Å². The van der Waals surface area contributed by atoms with Gasteiger partial charge in [-0.05, 0) is 41.6 Å². The monoisotopic (exact) mass is 295 g/mol. The highest BCUT2D eigenvalue weighted by atomic mass is 32.1. The minimum atomic E-state index is -0.110. The maximum atomic E-state index is 12.4. The highest BCUT2D eigenvalue weighted by Crippen LogP contribution is 2.16. The first-order chi connectivity index (χ1) is 10.2. The van der Waals surface area contributed by atoms with E-state index >= 15 is 0 Å². The molecule has 104 valence electrons. The summed E-state index contributed by atoms with van der Waals surface area (Å²) in [6.07, 6.45) is 5.15. The van der Waals surface area contributed by atoms with E-state index in [9.17, 15) is 4.79 Å². The molecule has 0 aliphatic carbocycles. The number of carbonyl (C=O) groups is 1. The molecule has 1 aliphatic rings. The Hall–Kier alpha value is -2.53. The van der Waals surface area contributed by atoms with Crippen molar-refractivity contribution in [3.8, 4) is 0 Å². The summed E-state index contributed by atoms with van der Waals surface area (Å²) in [6, 6.07) is 13.5. The second-order valence-corrected chi connectivity index (χ2v) is 5.03. The van der Waals surface area contributed by atoms with Gasteiger partial charge in [-0.2, -0.15) is 0 Å². The predicted octanol–water partition coefficient (Wildman–Crippen LogP) is 2.34. The topological polar surface area (TPSA) is 45.2 Å². The fourth-order valence-corrected chi connectivity index (χ4v) is 2.36. The summed E-state index contributed by atoms with van der Waals surface area (Å²) >= 11 is 5.25. The van der Waals surface area contributed by atoms with Gasteiger partial charge in [0.25, 0.3) is 5.91 Å². The number of rotatable bonds is 3. The van der Waals surface area contributed by atoms with Crippen molar-refractivity contribution in [3.05, 3.63) is 71.7 Å². The quantitative estimate of drug-likeness (QED) is 0.697. The first kappa shape index (κ1) is 13.5. The molecule has 2 aromatic rings. The Balaban J connectivity index is 1.81. The Morgan fingerprint density at radius 2 is 1.86 bits per heavy atom. The van der Waals surface area contributed by atoms with Crippen molar-refractivity contribution in [2.75, 3.05) is 0 Å². The first-order valence-electron chi connectivity index (χ1n) is 6.52. The normalized spacial score (nSPS) is 16.4. The minimum Gasteiger partial charge on any atom is -0.328 e. The lowest BCUT2D eigenvalue weighted by Gasteiger charge is -2.13. The van der Waals surface area contributed by atoms with Crippen LogP contribution in [0.2, 0.25) is 0 Å². The van der Waals surface area contributed by atoms with E-state index in [1.807, 2.05) is 42.5 Å². The van der Waals surface area contributed by atoms with E-state index in [1.54, 1.807) is 23.4 Å². The van der Waals surface area contributed by atoms with E-state index in [-0.39, 0.29) is 5.91 Å². The summed E-state index contributed by atoms with van der Waals surface area (Å²) in [5.41, 5.74) is 2.44. The zero-order chi connectivity index (χ0) is 14.7. The number of thiocarbonyl (C=S) groups is 1.